The van der Waals surface area contributed by atoms with Crippen molar-refractivity contribution in [3.8, 4) is 0 Å². The second kappa shape index (κ2) is 37.0. The molecule has 5 aromatic carbocycles. The summed E-state index contributed by atoms with van der Waals surface area (Å²) < 4.78 is 47.7. The number of halogens is 2. The molecule has 2 atom stereocenters. The molecular weight excluding hydrogens is 1220 g/mol. The second-order valence-corrected chi connectivity index (χ2v) is 22.0. The maximum absolute atomic E-state index is 14.5. The predicted molar refractivity (Wildman–Crippen MR) is 343 cm³/mol. The molecule has 0 spiro atoms. The number of amides is 8. The first kappa shape index (κ1) is 70.8. The smallest absolute Gasteiger partial charge is 0.407 e. The summed E-state index contributed by atoms with van der Waals surface area (Å²) in [5, 5.41) is 17.9. The van der Waals surface area contributed by atoms with Crippen LogP contribution in [0.2, 0.25) is 0 Å². The Morgan fingerprint density at radius 2 is 0.819 bits per heavy atom. The maximum atomic E-state index is 14.5. The number of aromatic nitrogens is 2. The standard InChI is InChI=1S/C68H78F2N10O14/c1-91-65(87)57(77-67(89)93-36-30-49-39-75-55-16-5-3-14-53(49)55)18-7-9-32-71-59(81)41-79(43-61(83)73-34-28-45-20-24-51(69)25-21-45)63(85)47-12-11-13-48(38-47)64(86)80(44-62(84)74-35-29-46-22-26-52(70)27-23-46)42-60(82)72-33-10-8-19-58(66(88)92-2)78-68(90)94-37-31-50-40-76-56-17-6-4-15-54(50)56/h3-6,11-17,20-27,38-40,57-58,75-76H,7-10,18-19,28-37,41-44H2,1-2H3,(H,71,81)(H,72,82)(H,73,83)(H,74,84)(H,77,89)(H,78,90)/t57-,58-/m0/s1. The van der Waals surface area contributed by atoms with Crippen LogP contribution < -0.4 is 31.9 Å². The summed E-state index contributed by atoms with van der Waals surface area (Å²) in [5.41, 5.74) is 4.96. The summed E-state index contributed by atoms with van der Waals surface area (Å²) in [6.07, 6.45) is 5.02. The van der Waals surface area contributed by atoms with Gasteiger partial charge in [-0.3, -0.25) is 28.8 Å². The first-order chi connectivity index (χ1) is 45.5. The summed E-state index contributed by atoms with van der Waals surface area (Å²) >= 11 is 0. The van der Waals surface area contributed by atoms with Gasteiger partial charge >= 0.3 is 24.1 Å². The lowest BCUT2D eigenvalue weighted by atomic mass is 10.1. The van der Waals surface area contributed by atoms with Crippen molar-refractivity contribution in [2.45, 2.75) is 76.3 Å². The molecule has 8 amide bonds. The average Bonchev–Trinajstić information content (AvgIpc) is 1.58. The first-order valence-corrected chi connectivity index (χ1v) is 30.8. The van der Waals surface area contributed by atoms with Gasteiger partial charge in [-0.1, -0.05) is 66.7 Å². The molecule has 0 fully saturated rings. The molecule has 0 radical (unpaired) electrons. The van der Waals surface area contributed by atoms with Crippen molar-refractivity contribution in [2.24, 2.45) is 0 Å². The minimum atomic E-state index is -1.06. The van der Waals surface area contributed by atoms with Crippen LogP contribution in [0.25, 0.3) is 21.8 Å². The number of hydrogen-bond donors (Lipinski definition) is 8. The lowest BCUT2D eigenvalue weighted by Crippen LogP contribution is -2.47. The molecule has 7 aromatic rings. The number of carbonyl (C=O) groups is 10. The third kappa shape index (κ3) is 22.9. The van der Waals surface area contributed by atoms with E-state index in [1.807, 2.05) is 60.9 Å². The van der Waals surface area contributed by atoms with Crippen LogP contribution in [-0.2, 0) is 73.4 Å². The lowest BCUT2D eigenvalue weighted by Gasteiger charge is -2.24. The molecule has 0 aliphatic heterocycles. The monoisotopic (exact) mass is 1300 g/mol. The Kier molecular flexibility index (Phi) is 27.9. The number of rotatable bonds is 36. The third-order valence-electron chi connectivity index (χ3n) is 15.2. The normalized spacial score (nSPS) is 11.5. The van der Waals surface area contributed by atoms with Crippen molar-refractivity contribution in [1.82, 2.24) is 51.7 Å². The van der Waals surface area contributed by atoms with Gasteiger partial charge in [0.25, 0.3) is 11.8 Å². The first-order valence-electron chi connectivity index (χ1n) is 30.8. The van der Waals surface area contributed by atoms with Gasteiger partial charge in [-0.05, 0) is 128 Å². The molecule has 24 nitrogen and oxygen atoms in total. The lowest BCUT2D eigenvalue weighted by molar-refractivity contribution is -0.144. The fourth-order valence-corrected chi connectivity index (χ4v) is 10.2. The summed E-state index contributed by atoms with van der Waals surface area (Å²) in [7, 11) is 2.36. The molecule has 94 heavy (non-hydrogen) atoms. The molecule has 26 heteroatoms. The number of aromatic amines is 2. The van der Waals surface area contributed by atoms with Gasteiger partial charge in [0.2, 0.25) is 23.6 Å². The third-order valence-corrected chi connectivity index (χ3v) is 15.2. The highest BCUT2D eigenvalue weighted by atomic mass is 19.1. The molecule has 2 aromatic heterocycles. The number of esters is 2. The molecule has 7 rings (SSSR count). The van der Waals surface area contributed by atoms with E-state index >= 15 is 0 Å². The molecule has 0 saturated heterocycles. The van der Waals surface area contributed by atoms with Crippen LogP contribution >= 0.6 is 0 Å². The van der Waals surface area contributed by atoms with Crippen molar-refractivity contribution < 1.29 is 75.7 Å². The van der Waals surface area contributed by atoms with Gasteiger partial charge in [-0.15, -0.1) is 0 Å². The van der Waals surface area contributed by atoms with Crippen LogP contribution in [0.4, 0.5) is 18.4 Å². The molecule has 498 valence electrons. The van der Waals surface area contributed by atoms with E-state index in [9.17, 15) is 56.7 Å². The van der Waals surface area contributed by atoms with Crippen LogP contribution in [0.3, 0.4) is 0 Å². The van der Waals surface area contributed by atoms with E-state index in [2.05, 4.69) is 41.9 Å². The molecular formula is C68H78F2N10O14. The van der Waals surface area contributed by atoms with Crippen molar-refractivity contribution in [2.75, 3.05) is 79.8 Å². The van der Waals surface area contributed by atoms with Gasteiger partial charge < -0.3 is 70.6 Å². The molecule has 0 bridgehead atoms. The summed E-state index contributed by atoms with van der Waals surface area (Å²) in [4.78, 5) is 142. The van der Waals surface area contributed by atoms with E-state index in [-0.39, 0.29) is 63.4 Å². The Balaban J connectivity index is 0.947. The van der Waals surface area contributed by atoms with E-state index in [1.165, 1.54) is 62.8 Å². The molecule has 0 aliphatic rings. The second-order valence-electron chi connectivity index (χ2n) is 22.0. The van der Waals surface area contributed by atoms with Crippen molar-refractivity contribution in [3.63, 3.8) is 0 Å². The fourth-order valence-electron chi connectivity index (χ4n) is 10.2. The van der Waals surface area contributed by atoms with Gasteiger partial charge in [0.1, 0.15) is 49.9 Å². The highest BCUT2D eigenvalue weighted by Crippen LogP contribution is 2.20. The Labute approximate surface area is 541 Å². The van der Waals surface area contributed by atoms with Gasteiger partial charge in [0.05, 0.1) is 27.4 Å². The topological polar surface area (TPSA) is 318 Å². The van der Waals surface area contributed by atoms with Crippen molar-refractivity contribution in [1.29, 1.82) is 0 Å². The van der Waals surface area contributed by atoms with E-state index in [4.69, 9.17) is 18.9 Å². The maximum Gasteiger partial charge on any atom is 0.407 e. The van der Waals surface area contributed by atoms with E-state index < -0.39 is 109 Å². The summed E-state index contributed by atoms with van der Waals surface area (Å²) in [5.74, 6) is -6.60. The Bertz CT molecular complexity index is 3480. The average molecular weight is 1300 g/mol. The summed E-state index contributed by atoms with van der Waals surface area (Å²) in [6.45, 7) is -2.13. The number of hydrogen-bond acceptors (Lipinski definition) is 14. The highest BCUT2D eigenvalue weighted by molar-refractivity contribution is 6.03. The minimum absolute atomic E-state index is 0.0429. The Morgan fingerprint density at radius 3 is 1.20 bits per heavy atom. The number of alkyl carbamates (subject to hydrolysis) is 2. The van der Waals surface area contributed by atoms with Crippen molar-refractivity contribution >= 4 is 81.4 Å². The predicted octanol–water partition coefficient (Wildman–Crippen LogP) is 6.12. The van der Waals surface area contributed by atoms with Crippen LogP contribution in [0, 0.1) is 11.6 Å². The summed E-state index contributed by atoms with van der Waals surface area (Å²) in [6, 6.07) is 29.9. The van der Waals surface area contributed by atoms with Crippen LogP contribution in [-0.4, -0.2) is 171 Å². The zero-order chi connectivity index (χ0) is 67.2. The number of carbonyl (C=O) groups excluding carboxylic acids is 10. The number of nitrogens with zero attached hydrogens (tertiary/aromatic N) is 2. The molecule has 2 heterocycles. The number of fused-ring (bicyclic) bond motifs is 2. The number of H-pyrrole nitrogens is 2. The zero-order valence-corrected chi connectivity index (χ0v) is 52.4. The Hall–Kier alpha value is -10.7. The SMILES string of the molecule is COC(=O)[C@H](CCCCNC(=O)CN(CC(=O)NCCc1ccc(F)cc1)C(=O)c1cccc(C(=O)N(CC(=O)NCCCC[C@H](NC(=O)OCCc2c[nH]c3ccccc23)C(=O)OC)CC(=O)NCCc2ccc(F)cc2)c1)NC(=O)OCCc1c[nH]c2ccccc12. The van der Waals surface area contributed by atoms with Gasteiger partial charge in [0, 0.05) is 84.3 Å². The highest BCUT2D eigenvalue weighted by Gasteiger charge is 2.28. The van der Waals surface area contributed by atoms with E-state index in [0.717, 1.165) is 53.9 Å². The Morgan fingerprint density at radius 1 is 0.447 bits per heavy atom. The van der Waals surface area contributed by atoms with Crippen molar-refractivity contribution in [3.05, 3.63) is 179 Å². The molecule has 0 unspecified atom stereocenters. The van der Waals surface area contributed by atoms with E-state index in [0.29, 0.717) is 51.4 Å². The quantitative estimate of drug-likeness (QED) is 0.0125. The zero-order valence-electron chi connectivity index (χ0n) is 52.4. The van der Waals surface area contributed by atoms with Gasteiger partial charge in [-0.2, -0.15) is 0 Å². The largest absolute Gasteiger partial charge is 0.467 e. The number of methoxy groups -OCH3 is 2. The molecule has 8 N–H and O–H groups in total. The van der Waals surface area contributed by atoms with Crippen LogP contribution in [0.1, 0.15) is 81.5 Å². The number of unbranched alkanes of at least 4 members (excludes halogenated alkanes) is 2. The van der Waals surface area contributed by atoms with Gasteiger partial charge in [0.15, 0.2) is 0 Å². The number of benzene rings is 5. The minimum Gasteiger partial charge on any atom is -0.467 e. The number of nitrogens with one attached hydrogen (secondary N) is 8. The fraction of sp³-hybridized carbons (Fsp3) is 0.353. The molecule has 0 saturated carbocycles. The number of para-hydroxylation sites is 2. The molecule has 0 aliphatic carbocycles. The number of ether oxygens (including phenoxy) is 4. The van der Waals surface area contributed by atoms with Crippen LogP contribution in [0.15, 0.2) is 134 Å². The van der Waals surface area contributed by atoms with Gasteiger partial charge in [-0.25, -0.2) is 28.0 Å². The van der Waals surface area contributed by atoms with Crippen LogP contribution in [0.5, 0.6) is 0 Å². The van der Waals surface area contributed by atoms with E-state index in [1.54, 1.807) is 24.3 Å².